The molecule has 182 valence electrons. The lowest BCUT2D eigenvalue weighted by molar-refractivity contribution is -0.122. The van der Waals surface area contributed by atoms with Gasteiger partial charge in [0.15, 0.2) is 11.6 Å². The predicted octanol–water partition coefficient (Wildman–Crippen LogP) is 5.63. The van der Waals surface area contributed by atoms with Gasteiger partial charge in [-0.3, -0.25) is 9.69 Å². The number of aromatic nitrogens is 2. The Labute approximate surface area is 214 Å². The number of hydrogen-bond donors (Lipinski definition) is 0. The molecule has 8 nitrogen and oxygen atoms in total. The zero-order chi connectivity index (χ0) is 25.3. The first-order valence-electron chi connectivity index (χ1n) is 10.8. The molecule has 2 aromatic carbocycles. The van der Waals surface area contributed by atoms with Crippen LogP contribution in [0.1, 0.15) is 25.0 Å². The van der Waals surface area contributed by atoms with Crippen LogP contribution in [-0.4, -0.2) is 48.5 Å². The molecule has 2 heterocycles. The van der Waals surface area contributed by atoms with Crippen LogP contribution in [-0.2, 0) is 16.8 Å². The maximum atomic E-state index is 13.3. The Morgan fingerprint density at radius 3 is 2.34 bits per heavy atom. The van der Waals surface area contributed by atoms with Crippen LogP contribution in [0.4, 0.5) is 11.5 Å². The Morgan fingerprint density at radius 2 is 1.74 bits per heavy atom. The Bertz CT molecular complexity index is 1270. The first kappa shape index (κ1) is 24.8. The van der Waals surface area contributed by atoms with Crippen LogP contribution >= 0.6 is 23.2 Å². The fraction of sp³-hybridized carbons (Fsp3) is 0.280. The van der Waals surface area contributed by atoms with Crippen LogP contribution in [0.25, 0.3) is 0 Å². The molecule has 0 atom stereocenters. The maximum Gasteiger partial charge on any atom is 0.239 e. The summed E-state index contributed by atoms with van der Waals surface area (Å²) in [5.41, 5.74) is 1.43. The number of carbonyl (C=O) groups is 1. The molecule has 0 saturated heterocycles. The molecule has 3 aromatic rings. The van der Waals surface area contributed by atoms with Gasteiger partial charge in [-0.05, 0) is 43.7 Å². The largest absolute Gasteiger partial charge is 0.497 e. The fourth-order valence-corrected chi connectivity index (χ4v) is 4.24. The minimum Gasteiger partial charge on any atom is -0.497 e. The highest BCUT2D eigenvalue weighted by Crippen LogP contribution is 2.44. The molecular weight excluding hydrogens is 489 g/mol. The van der Waals surface area contributed by atoms with E-state index in [2.05, 4.69) is 15.2 Å². The lowest BCUT2D eigenvalue weighted by Gasteiger charge is -2.19. The quantitative estimate of drug-likeness (QED) is 0.300. The summed E-state index contributed by atoms with van der Waals surface area (Å²) >= 11 is 12.8. The standard InChI is InChI=1S/C25H25Cl2N5O3/c1-25(2)18-12-21(35-22-19(26)10-16(11-20(22)27)28-14-31(3)4)29-30-23(18)32(24(25)33)13-15-6-8-17(34-5)9-7-15/h6-12,14H,13H2,1-5H3. The molecule has 0 fully saturated rings. The second-order valence-corrected chi connectivity index (χ2v) is 9.65. The predicted molar refractivity (Wildman–Crippen MR) is 138 cm³/mol. The Kier molecular flexibility index (Phi) is 6.87. The monoisotopic (exact) mass is 513 g/mol. The molecule has 1 amide bonds. The molecule has 4 rings (SSSR count). The van der Waals surface area contributed by atoms with Crippen molar-refractivity contribution in [3.8, 4) is 17.4 Å². The number of benzene rings is 2. The summed E-state index contributed by atoms with van der Waals surface area (Å²) < 4.78 is 11.1. The molecule has 0 bridgehead atoms. The molecule has 0 N–H and O–H groups in total. The maximum absolute atomic E-state index is 13.3. The number of nitrogens with zero attached hydrogens (tertiary/aromatic N) is 5. The lowest BCUT2D eigenvalue weighted by Crippen LogP contribution is -2.35. The number of fused-ring (bicyclic) bond motifs is 1. The molecule has 1 aliphatic rings. The second-order valence-electron chi connectivity index (χ2n) is 8.83. The minimum atomic E-state index is -0.811. The van der Waals surface area contributed by atoms with E-state index in [1.807, 2.05) is 52.2 Å². The zero-order valence-corrected chi connectivity index (χ0v) is 21.6. The number of carbonyl (C=O) groups excluding carboxylic acids is 1. The summed E-state index contributed by atoms with van der Waals surface area (Å²) in [7, 11) is 5.34. The van der Waals surface area contributed by atoms with Crippen LogP contribution in [0.5, 0.6) is 17.4 Å². The van der Waals surface area contributed by atoms with E-state index in [9.17, 15) is 4.79 Å². The molecule has 0 saturated carbocycles. The molecular formula is C25H25Cl2N5O3. The second kappa shape index (κ2) is 9.71. The van der Waals surface area contributed by atoms with Gasteiger partial charge in [0.2, 0.25) is 11.8 Å². The third kappa shape index (κ3) is 5.04. The lowest BCUT2D eigenvalue weighted by atomic mass is 9.87. The summed E-state index contributed by atoms with van der Waals surface area (Å²) in [5.74, 6) is 1.59. The number of aliphatic imine (C=N–C) groups is 1. The van der Waals surface area contributed by atoms with Crippen LogP contribution in [0.3, 0.4) is 0 Å². The Balaban J connectivity index is 1.62. The van der Waals surface area contributed by atoms with Crippen LogP contribution in [0, 0.1) is 0 Å². The van der Waals surface area contributed by atoms with E-state index in [1.165, 1.54) is 0 Å². The number of rotatable bonds is 7. The molecule has 1 aliphatic heterocycles. The van der Waals surface area contributed by atoms with Crippen molar-refractivity contribution in [3.63, 3.8) is 0 Å². The number of hydrogen-bond acceptors (Lipinski definition) is 6. The van der Waals surface area contributed by atoms with Crippen LogP contribution in [0.15, 0.2) is 47.5 Å². The highest BCUT2D eigenvalue weighted by atomic mass is 35.5. The third-order valence-electron chi connectivity index (χ3n) is 5.59. The summed E-state index contributed by atoms with van der Waals surface area (Å²) in [6.07, 6.45) is 1.64. The molecule has 0 aliphatic carbocycles. The van der Waals surface area contributed by atoms with Gasteiger partial charge in [-0.15, -0.1) is 10.2 Å². The molecule has 35 heavy (non-hydrogen) atoms. The third-order valence-corrected chi connectivity index (χ3v) is 6.15. The van der Waals surface area contributed by atoms with E-state index in [0.717, 1.165) is 11.3 Å². The van der Waals surface area contributed by atoms with Crippen molar-refractivity contribution < 1.29 is 14.3 Å². The highest BCUT2D eigenvalue weighted by molar-refractivity contribution is 6.37. The summed E-state index contributed by atoms with van der Waals surface area (Å²) in [4.78, 5) is 21.0. The SMILES string of the molecule is COc1ccc(CN2C(=O)C(C)(C)c3cc(Oc4c(Cl)cc(N=CN(C)C)cc4Cl)nnc32)cc1. The van der Waals surface area contributed by atoms with Crippen molar-refractivity contribution in [1.82, 2.24) is 15.1 Å². The van der Waals surface area contributed by atoms with Gasteiger partial charge in [-0.1, -0.05) is 35.3 Å². The summed E-state index contributed by atoms with van der Waals surface area (Å²) in [6.45, 7) is 4.07. The smallest absolute Gasteiger partial charge is 0.239 e. The molecule has 0 spiro atoms. The molecule has 1 aromatic heterocycles. The van der Waals surface area contributed by atoms with E-state index in [-0.39, 0.29) is 27.6 Å². The highest BCUT2D eigenvalue weighted by Gasteiger charge is 2.45. The molecule has 0 unspecified atom stereocenters. The normalized spacial score (nSPS) is 14.4. The average Bonchev–Trinajstić information content (AvgIpc) is 3.01. The van der Waals surface area contributed by atoms with Gasteiger partial charge >= 0.3 is 0 Å². The molecule has 10 heteroatoms. The van der Waals surface area contributed by atoms with Crippen LogP contribution < -0.4 is 14.4 Å². The van der Waals surface area contributed by atoms with Crippen molar-refractivity contribution in [2.75, 3.05) is 26.1 Å². The van der Waals surface area contributed by atoms with Gasteiger partial charge in [0.25, 0.3) is 0 Å². The van der Waals surface area contributed by atoms with Crippen molar-refractivity contribution in [3.05, 3.63) is 63.6 Å². The van der Waals surface area contributed by atoms with E-state index >= 15 is 0 Å². The Morgan fingerprint density at radius 1 is 1.09 bits per heavy atom. The first-order valence-corrected chi connectivity index (χ1v) is 11.6. The van der Waals surface area contributed by atoms with Crippen LogP contribution in [0.2, 0.25) is 10.0 Å². The number of amides is 1. The van der Waals surface area contributed by atoms with E-state index in [1.54, 1.807) is 41.4 Å². The number of methoxy groups -OCH3 is 1. The Hall–Kier alpha value is -3.36. The first-order chi connectivity index (χ1) is 16.6. The minimum absolute atomic E-state index is 0.0751. The van der Waals surface area contributed by atoms with Crippen molar-refractivity contribution in [2.45, 2.75) is 25.8 Å². The van der Waals surface area contributed by atoms with Gasteiger partial charge in [-0.2, -0.15) is 0 Å². The fourth-order valence-electron chi connectivity index (χ4n) is 3.69. The van der Waals surface area contributed by atoms with E-state index in [4.69, 9.17) is 32.7 Å². The molecule has 0 radical (unpaired) electrons. The van der Waals surface area contributed by atoms with Gasteiger partial charge in [0.1, 0.15) is 5.75 Å². The van der Waals surface area contributed by atoms with E-state index < -0.39 is 5.41 Å². The van der Waals surface area contributed by atoms with E-state index in [0.29, 0.717) is 23.6 Å². The average molecular weight is 514 g/mol. The summed E-state index contributed by atoms with van der Waals surface area (Å²) in [6, 6.07) is 12.5. The van der Waals surface area contributed by atoms with Gasteiger partial charge < -0.3 is 14.4 Å². The van der Waals surface area contributed by atoms with Crippen molar-refractivity contribution in [2.24, 2.45) is 4.99 Å². The van der Waals surface area contributed by atoms with Gasteiger partial charge in [0.05, 0.1) is 41.1 Å². The zero-order valence-electron chi connectivity index (χ0n) is 20.0. The van der Waals surface area contributed by atoms with Crippen molar-refractivity contribution in [1.29, 1.82) is 0 Å². The van der Waals surface area contributed by atoms with Gasteiger partial charge in [0, 0.05) is 25.7 Å². The summed E-state index contributed by atoms with van der Waals surface area (Å²) in [5, 5.41) is 9.08. The van der Waals surface area contributed by atoms with Crippen molar-refractivity contribution >= 4 is 47.0 Å². The number of ether oxygens (including phenoxy) is 2. The van der Waals surface area contributed by atoms with Gasteiger partial charge in [-0.25, -0.2) is 4.99 Å². The number of anilines is 1. The topological polar surface area (TPSA) is 80.1 Å². The number of halogens is 2.